The molecule has 0 saturated carbocycles. The highest BCUT2D eigenvalue weighted by atomic mass is 79.9. The lowest BCUT2D eigenvalue weighted by atomic mass is 9.86. The van der Waals surface area contributed by atoms with Crippen LogP contribution in [0.25, 0.3) is 16.5 Å². The first-order valence-electron chi connectivity index (χ1n) is 6.10. The molecule has 1 aliphatic rings. The van der Waals surface area contributed by atoms with Gasteiger partial charge in [-0.2, -0.15) is 0 Å². The summed E-state index contributed by atoms with van der Waals surface area (Å²) in [7, 11) is 0. The summed E-state index contributed by atoms with van der Waals surface area (Å²) in [6.45, 7) is 4.01. The normalized spacial score (nSPS) is 22.4. The monoisotopic (exact) mass is 398 g/mol. The molecule has 6 heteroatoms. The van der Waals surface area contributed by atoms with E-state index in [0.717, 1.165) is 16.7 Å². The molecule has 4 nitrogen and oxygen atoms in total. The highest BCUT2D eigenvalue weighted by molar-refractivity contribution is 9.11. The van der Waals surface area contributed by atoms with E-state index in [0.29, 0.717) is 5.39 Å². The number of alkyl halides is 1. The average Bonchev–Trinajstić information content (AvgIpc) is 2.71. The Bertz CT molecular complexity index is 762. The molecule has 3 rings (SSSR count). The first-order valence-corrected chi connectivity index (χ1v) is 7.93. The number of benzene rings is 1. The van der Waals surface area contributed by atoms with Gasteiger partial charge in [-0.1, -0.05) is 50.1 Å². The van der Waals surface area contributed by atoms with E-state index in [4.69, 9.17) is 0 Å². The predicted octanol–water partition coefficient (Wildman–Crippen LogP) is 4.99. The van der Waals surface area contributed by atoms with Crippen molar-refractivity contribution in [2.75, 3.05) is 0 Å². The lowest BCUT2D eigenvalue weighted by Gasteiger charge is -2.39. The van der Waals surface area contributed by atoms with E-state index >= 15 is 0 Å². The van der Waals surface area contributed by atoms with Crippen LogP contribution in [0.5, 0.6) is 5.88 Å². The third-order valence-corrected chi connectivity index (χ3v) is 6.03. The van der Waals surface area contributed by atoms with Crippen molar-refractivity contribution in [1.82, 2.24) is 4.57 Å². The van der Waals surface area contributed by atoms with Gasteiger partial charge in [-0.25, -0.2) is 0 Å². The number of aromatic hydroxyl groups is 1. The van der Waals surface area contributed by atoms with Crippen molar-refractivity contribution in [3.8, 4) is 5.88 Å². The minimum atomic E-state index is -0.431. The summed E-state index contributed by atoms with van der Waals surface area (Å²) in [5.41, 5.74) is 2.56. The van der Waals surface area contributed by atoms with Crippen LogP contribution in [-0.4, -0.2) is 14.5 Å². The maximum absolute atomic E-state index is 11.1. The van der Waals surface area contributed by atoms with Gasteiger partial charge in [0.25, 0.3) is 0 Å². The lowest BCUT2D eigenvalue weighted by Crippen LogP contribution is -2.39. The molecule has 1 aliphatic heterocycles. The van der Waals surface area contributed by atoms with Crippen LogP contribution >= 0.6 is 31.9 Å². The number of aromatic nitrogens is 1. The average molecular weight is 400 g/mol. The predicted molar refractivity (Wildman–Crippen MR) is 88.0 cm³/mol. The molecular weight excluding hydrogens is 388 g/mol. The van der Waals surface area contributed by atoms with Crippen LogP contribution in [0, 0.1) is 4.91 Å². The molecule has 0 bridgehead atoms. The maximum Gasteiger partial charge on any atom is 0.223 e. The standard InChI is InChI=1S/C14H12Br2N2O2/c1-14(2)12(16)9(6-15)7-4-3-5-8-10(17-20)13(19)18(14)11(7)8/h3-6,12,19H,1-2H3/b9-6-. The Kier molecular flexibility index (Phi) is 3.06. The summed E-state index contributed by atoms with van der Waals surface area (Å²) in [6, 6.07) is 5.65. The third kappa shape index (κ3) is 1.52. The largest absolute Gasteiger partial charge is 0.493 e. The van der Waals surface area contributed by atoms with Gasteiger partial charge < -0.3 is 9.67 Å². The molecule has 0 radical (unpaired) electrons. The van der Waals surface area contributed by atoms with Gasteiger partial charge in [-0.15, -0.1) is 4.91 Å². The van der Waals surface area contributed by atoms with Gasteiger partial charge in [-0.05, 0) is 29.6 Å². The van der Waals surface area contributed by atoms with E-state index in [1.165, 1.54) is 0 Å². The van der Waals surface area contributed by atoms with E-state index in [1.807, 2.05) is 37.0 Å². The fourth-order valence-corrected chi connectivity index (χ4v) is 4.39. The highest BCUT2D eigenvalue weighted by Gasteiger charge is 2.41. The molecule has 0 saturated heterocycles. The van der Waals surface area contributed by atoms with Crippen molar-refractivity contribution in [3.63, 3.8) is 0 Å². The zero-order valence-electron chi connectivity index (χ0n) is 10.9. The van der Waals surface area contributed by atoms with Gasteiger partial charge in [-0.3, -0.25) is 0 Å². The summed E-state index contributed by atoms with van der Waals surface area (Å²) in [4.78, 5) is 13.0. The van der Waals surface area contributed by atoms with Gasteiger partial charge in [0.05, 0.1) is 15.9 Å². The summed E-state index contributed by atoms with van der Waals surface area (Å²) >= 11 is 7.11. The molecule has 20 heavy (non-hydrogen) atoms. The van der Waals surface area contributed by atoms with Gasteiger partial charge in [0.1, 0.15) is 0 Å². The van der Waals surface area contributed by atoms with Crippen molar-refractivity contribution in [2.24, 2.45) is 5.18 Å². The molecule has 104 valence electrons. The molecule has 1 aromatic heterocycles. The maximum atomic E-state index is 11.1. The second-order valence-electron chi connectivity index (χ2n) is 5.38. The Hall–Kier alpha value is -1.14. The molecule has 1 aromatic carbocycles. The smallest absolute Gasteiger partial charge is 0.223 e. The number of rotatable bonds is 1. The van der Waals surface area contributed by atoms with Crippen LogP contribution in [0.15, 0.2) is 28.4 Å². The topological polar surface area (TPSA) is 54.6 Å². The second kappa shape index (κ2) is 4.43. The Balaban J connectivity index is 2.59. The van der Waals surface area contributed by atoms with E-state index in [-0.39, 0.29) is 16.4 Å². The fraction of sp³-hybridized carbons (Fsp3) is 0.286. The van der Waals surface area contributed by atoms with Gasteiger partial charge >= 0.3 is 0 Å². The number of hydrogen-bond acceptors (Lipinski definition) is 3. The van der Waals surface area contributed by atoms with E-state index in [1.54, 1.807) is 4.57 Å². The van der Waals surface area contributed by atoms with Crippen LogP contribution in [0.4, 0.5) is 5.69 Å². The second-order valence-corrected chi connectivity index (χ2v) is 6.75. The van der Waals surface area contributed by atoms with Crippen molar-refractivity contribution in [2.45, 2.75) is 24.2 Å². The van der Waals surface area contributed by atoms with Crippen LogP contribution in [-0.2, 0) is 5.54 Å². The quantitative estimate of drug-likeness (QED) is 0.542. The molecule has 2 heterocycles. The van der Waals surface area contributed by atoms with E-state index < -0.39 is 5.54 Å². The van der Waals surface area contributed by atoms with Gasteiger partial charge in [0.2, 0.25) is 5.88 Å². The van der Waals surface area contributed by atoms with Crippen molar-refractivity contribution >= 4 is 54.0 Å². The lowest BCUT2D eigenvalue weighted by molar-refractivity contribution is 0.321. The molecule has 1 N–H and O–H groups in total. The van der Waals surface area contributed by atoms with Crippen LogP contribution in [0.2, 0.25) is 0 Å². The summed E-state index contributed by atoms with van der Waals surface area (Å²) < 4.78 is 1.79. The molecule has 0 aliphatic carbocycles. The highest BCUT2D eigenvalue weighted by Crippen LogP contribution is 2.52. The molecular formula is C14H12Br2N2O2. The van der Waals surface area contributed by atoms with Crippen molar-refractivity contribution in [3.05, 3.63) is 33.7 Å². The molecule has 0 spiro atoms. The molecule has 0 amide bonds. The molecule has 1 atom stereocenters. The number of para-hydroxylation sites is 1. The van der Waals surface area contributed by atoms with E-state index in [9.17, 15) is 10.0 Å². The Morgan fingerprint density at radius 1 is 1.45 bits per heavy atom. The zero-order valence-corrected chi connectivity index (χ0v) is 14.1. The van der Waals surface area contributed by atoms with Crippen LogP contribution in [0.1, 0.15) is 19.4 Å². The third-order valence-electron chi connectivity index (χ3n) is 3.93. The van der Waals surface area contributed by atoms with Crippen LogP contribution < -0.4 is 0 Å². The number of nitrogens with zero attached hydrogens (tertiary/aromatic N) is 2. The minimum Gasteiger partial charge on any atom is -0.493 e. The molecule has 0 fully saturated rings. The summed E-state index contributed by atoms with van der Waals surface area (Å²) in [5, 5.41) is 14.1. The Labute approximate surface area is 132 Å². The first-order chi connectivity index (χ1) is 9.45. The van der Waals surface area contributed by atoms with Gasteiger partial charge in [0, 0.05) is 10.9 Å². The summed E-state index contributed by atoms with van der Waals surface area (Å²) in [5.74, 6) is -0.0782. The molecule has 1 unspecified atom stereocenters. The number of hydrogen-bond donors (Lipinski definition) is 1. The van der Waals surface area contributed by atoms with E-state index in [2.05, 4.69) is 37.0 Å². The first kappa shape index (κ1) is 13.8. The summed E-state index contributed by atoms with van der Waals surface area (Å²) in [6.07, 6.45) is 0. The number of halogens is 2. The fourth-order valence-electron chi connectivity index (χ4n) is 2.94. The Morgan fingerprint density at radius 2 is 2.15 bits per heavy atom. The van der Waals surface area contributed by atoms with Crippen molar-refractivity contribution < 1.29 is 5.11 Å². The van der Waals surface area contributed by atoms with Crippen LogP contribution in [0.3, 0.4) is 0 Å². The zero-order chi connectivity index (χ0) is 14.7. The molecule has 2 aromatic rings. The van der Waals surface area contributed by atoms with Gasteiger partial charge in [0.15, 0.2) is 5.69 Å². The minimum absolute atomic E-state index is 0.00900. The number of allylic oxidation sites excluding steroid dienone is 1. The SMILES string of the molecule is CC1(C)C(Br)/C(=C\Br)c2cccc3c(N=O)c(O)n1c23. The Morgan fingerprint density at radius 3 is 2.75 bits per heavy atom. The van der Waals surface area contributed by atoms with Crippen molar-refractivity contribution in [1.29, 1.82) is 0 Å². The number of nitroso groups, excluding NO2 is 1.